The van der Waals surface area contributed by atoms with Gasteiger partial charge in [-0.05, 0) is 55.7 Å². The van der Waals surface area contributed by atoms with Crippen molar-refractivity contribution in [3.8, 4) is 0 Å². The van der Waals surface area contributed by atoms with Gasteiger partial charge >= 0.3 is 0 Å². The molecule has 0 atom stereocenters. The molecule has 1 aliphatic heterocycles. The SMILES string of the molecule is Cc1c(Cl)cccc1NC(=O)CNc1cccc(S(=O)(=O)N2CCCC2)c1. The normalized spacial score (nSPS) is 14.9. The van der Waals surface area contributed by atoms with E-state index in [1.54, 1.807) is 42.5 Å². The highest BCUT2D eigenvalue weighted by molar-refractivity contribution is 7.89. The van der Waals surface area contributed by atoms with Crippen LogP contribution in [-0.2, 0) is 14.8 Å². The van der Waals surface area contributed by atoms with E-state index in [-0.39, 0.29) is 17.3 Å². The molecular weight excluding hydrogens is 386 g/mol. The minimum absolute atomic E-state index is 0.0131. The third-order valence-electron chi connectivity index (χ3n) is 4.53. The van der Waals surface area contributed by atoms with Crippen molar-refractivity contribution in [2.45, 2.75) is 24.7 Å². The number of carbonyl (C=O) groups excluding carboxylic acids is 1. The molecule has 1 amide bonds. The molecular formula is C19H22ClN3O3S. The van der Waals surface area contributed by atoms with Crippen LogP contribution < -0.4 is 10.6 Å². The summed E-state index contributed by atoms with van der Waals surface area (Å²) >= 11 is 6.06. The van der Waals surface area contributed by atoms with E-state index in [1.807, 2.05) is 6.92 Å². The Kier molecular flexibility index (Phi) is 6.04. The second-order valence-electron chi connectivity index (χ2n) is 6.45. The van der Waals surface area contributed by atoms with Gasteiger partial charge in [0, 0.05) is 29.5 Å². The molecule has 0 spiro atoms. The number of nitrogens with zero attached hydrogens (tertiary/aromatic N) is 1. The Balaban J connectivity index is 1.64. The maximum atomic E-state index is 12.6. The van der Waals surface area contributed by atoms with Crippen molar-refractivity contribution in [3.05, 3.63) is 53.1 Å². The summed E-state index contributed by atoms with van der Waals surface area (Å²) in [5.74, 6) is -0.242. The van der Waals surface area contributed by atoms with E-state index < -0.39 is 10.0 Å². The number of hydrogen-bond donors (Lipinski definition) is 2. The van der Waals surface area contributed by atoms with Gasteiger partial charge in [-0.1, -0.05) is 23.7 Å². The van der Waals surface area contributed by atoms with Gasteiger partial charge in [0.05, 0.1) is 11.4 Å². The molecule has 27 heavy (non-hydrogen) atoms. The average Bonchev–Trinajstić information content (AvgIpc) is 3.20. The van der Waals surface area contributed by atoms with Crippen LogP contribution in [0, 0.1) is 6.92 Å². The molecule has 0 aliphatic carbocycles. The van der Waals surface area contributed by atoms with Gasteiger partial charge in [-0.3, -0.25) is 4.79 Å². The molecule has 1 aliphatic rings. The quantitative estimate of drug-likeness (QED) is 0.768. The predicted octanol–water partition coefficient (Wildman–Crippen LogP) is 3.48. The first-order valence-corrected chi connectivity index (χ1v) is 10.6. The first kappa shape index (κ1) is 19.7. The predicted molar refractivity (Wildman–Crippen MR) is 108 cm³/mol. The van der Waals surface area contributed by atoms with Gasteiger partial charge in [-0.2, -0.15) is 4.31 Å². The molecule has 144 valence electrons. The van der Waals surface area contributed by atoms with Crippen molar-refractivity contribution in [2.24, 2.45) is 0 Å². The lowest BCUT2D eigenvalue weighted by molar-refractivity contribution is -0.114. The minimum Gasteiger partial charge on any atom is -0.376 e. The fourth-order valence-corrected chi connectivity index (χ4v) is 4.70. The highest BCUT2D eigenvalue weighted by Gasteiger charge is 2.27. The first-order valence-electron chi connectivity index (χ1n) is 8.77. The van der Waals surface area contributed by atoms with Crippen LogP contribution in [0.15, 0.2) is 47.4 Å². The molecule has 0 saturated carbocycles. The molecule has 2 aromatic carbocycles. The number of amides is 1. The van der Waals surface area contributed by atoms with E-state index in [0.717, 1.165) is 18.4 Å². The maximum Gasteiger partial charge on any atom is 0.243 e. The number of hydrogen-bond acceptors (Lipinski definition) is 4. The molecule has 6 nitrogen and oxygen atoms in total. The minimum atomic E-state index is -3.48. The van der Waals surface area contributed by atoms with Crippen molar-refractivity contribution in [1.29, 1.82) is 0 Å². The van der Waals surface area contributed by atoms with Crippen LogP contribution in [0.1, 0.15) is 18.4 Å². The number of nitrogens with one attached hydrogen (secondary N) is 2. The molecule has 1 fully saturated rings. The van der Waals surface area contributed by atoms with Gasteiger partial charge in [0.25, 0.3) is 0 Å². The van der Waals surface area contributed by atoms with E-state index in [9.17, 15) is 13.2 Å². The van der Waals surface area contributed by atoms with E-state index in [1.165, 1.54) is 4.31 Å². The number of halogens is 1. The number of sulfonamides is 1. The highest BCUT2D eigenvalue weighted by atomic mass is 35.5. The summed E-state index contributed by atoms with van der Waals surface area (Å²) in [5.41, 5.74) is 2.03. The van der Waals surface area contributed by atoms with Gasteiger partial charge in [0.2, 0.25) is 15.9 Å². The number of carbonyl (C=O) groups is 1. The molecule has 2 N–H and O–H groups in total. The first-order chi connectivity index (χ1) is 12.9. The molecule has 0 aromatic heterocycles. The van der Waals surface area contributed by atoms with Crippen molar-refractivity contribution >= 4 is 38.9 Å². The van der Waals surface area contributed by atoms with E-state index in [0.29, 0.717) is 29.5 Å². The molecule has 0 bridgehead atoms. The van der Waals surface area contributed by atoms with E-state index in [2.05, 4.69) is 10.6 Å². The van der Waals surface area contributed by atoms with E-state index in [4.69, 9.17) is 11.6 Å². The second-order valence-corrected chi connectivity index (χ2v) is 8.80. The molecule has 3 rings (SSSR count). The smallest absolute Gasteiger partial charge is 0.243 e. The van der Waals surface area contributed by atoms with Crippen LogP contribution in [0.3, 0.4) is 0 Å². The summed E-state index contributed by atoms with van der Waals surface area (Å²) in [6.07, 6.45) is 1.78. The van der Waals surface area contributed by atoms with Gasteiger partial charge in [0.15, 0.2) is 0 Å². The lowest BCUT2D eigenvalue weighted by atomic mass is 10.2. The molecule has 0 unspecified atom stereocenters. The summed E-state index contributed by atoms with van der Waals surface area (Å²) in [5, 5.41) is 6.36. The van der Waals surface area contributed by atoms with Crippen LogP contribution in [-0.4, -0.2) is 38.3 Å². The third-order valence-corrected chi connectivity index (χ3v) is 6.84. The zero-order chi connectivity index (χ0) is 19.4. The monoisotopic (exact) mass is 407 g/mol. The lowest BCUT2D eigenvalue weighted by Gasteiger charge is -2.16. The van der Waals surface area contributed by atoms with Gasteiger partial charge in [-0.25, -0.2) is 8.42 Å². The van der Waals surface area contributed by atoms with Crippen LogP contribution in [0.2, 0.25) is 5.02 Å². The maximum absolute atomic E-state index is 12.6. The second kappa shape index (κ2) is 8.29. The molecule has 1 saturated heterocycles. The zero-order valence-corrected chi connectivity index (χ0v) is 16.6. The van der Waals surface area contributed by atoms with Crippen molar-refractivity contribution in [3.63, 3.8) is 0 Å². The van der Waals surface area contributed by atoms with Gasteiger partial charge in [0.1, 0.15) is 0 Å². The molecule has 1 heterocycles. The Morgan fingerprint density at radius 3 is 2.59 bits per heavy atom. The molecule has 0 radical (unpaired) electrons. The Bertz CT molecular complexity index is 941. The average molecular weight is 408 g/mol. The van der Waals surface area contributed by atoms with Gasteiger partial charge in [-0.15, -0.1) is 0 Å². The standard InChI is InChI=1S/C19H22ClN3O3S/c1-14-17(20)8-5-9-18(14)22-19(24)13-21-15-6-4-7-16(12-15)27(25,26)23-10-2-3-11-23/h4-9,12,21H,2-3,10-11,13H2,1H3,(H,22,24). The highest BCUT2D eigenvalue weighted by Crippen LogP contribution is 2.24. The summed E-state index contributed by atoms with van der Waals surface area (Å²) in [6, 6.07) is 11.9. The van der Waals surface area contributed by atoms with Crippen molar-refractivity contribution < 1.29 is 13.2 Å². The van der Waals surface area contributed by atoms with Crippen LogP contribution in [0.5, 0.6) is 0 Å². The summed E-state index contributed by atoms with van der Waals surface area (Å²) in [4.78, 5) is 12.4. The Morgan fingerprint density at radius 2 is 1.85 bits per heavy atom. The Morgan fingerprint density at radius 1 is 1.15 bits per heavy atom. The Labute approximate surface area is 164 Å². The fourth-order valence-electron chi connectivity index (χ4n) is 2.96. The van der Waals surface area contributed by atoms with Crippen LogP contribution >= 0.6 is 11.6 Å². The topological polar surface area (TPSA) is 78.5 Å². The number of anilines is 2. The number of rotatable bonds is 6. The molecule has 8 heteroatoms. The van der Waals surface area contributed by atoms with E-state index >= 15 is 0 Å². The van der Waals surface area contributed by atoms with Crippen molar-refractivity contribution in [2.75, 3.05) is 30.3 Å². The van der Waals surface area contributed by atoms with Gasteiger partial charge < -0.3 is 10.6 Å². The zero-order valence-electron chi connectivity index (χ0n) is 15.0. The summed E-state index contributed by atoms with van der Waals surface area (Å²) < 4.78 is 26.8. The largest absolute Gasteiger partial charge is 0.376 e. The lowest BCUT2D eigenvalue weighted by Crippen LogP contribution is -2.28. The number of benzene rings is 2. The summed E-state index contributed by atoms with van der Waals surface area (Å²) in [7, 11) is -3.48. The fraction of sp³-hybridized carbons (Fsp3) is 0.316. The van der Waals surface area contributed by atoms with Crippen LogP contribution in [0.25, 0.3) is 0 Å². The Hall–Kier alpha value is -2.09. The van der Waals surface area contributed by atoms with Crippen LogP contribution in [0.4, 0.5) is 11.4 Å². The van der Waals surface area contributed by atoms with Crippen molar-refractivity contribution in [1.82, 2.24) is 4.31 Å². The summed E-state index contributed by atoms with van der Waals surface area (Å²) in [6.45, 7) is 2.96. The molecule has 2 aromatic rings. The third kappa shape index (κ3) is 4.61.